The van der Waals surface area contributed by atoms with Crippen LogP contribution in [0.5, 0.6) is 11.5 Å². The maximum atomic E-state index is 12.2. The van der Waals surface area contributed by atoms with Crippen molar-refractivity contribution in [2.24, 2.45) is 0 Å². The van der Waals surface area contributed by atoms with Gasteiger partial charge in [-0.3, -0.25) is 4.90 Å². The second-order valence-electron chi connectivity index (χ2n) is 6.36. The maximum absolute atomic E-state index is 12.2. The van der Waals surface area contributed by atoms with Crippen LogP contribution in [0, 0.1) is 0 Å². The first kappa shape index (κ1) is 19.4. The largest absolute Gasteiger partial charge is 0.573 e. The van der Waals surface area contributed by atoms with Crippen molar-refractivity contribution in [2.75, 3.05) is 37.7 Å². The summed E-state index contributed by atoms with van der Waals surface area (Å²) in [5, 5.41) is 0. The summed E-state index contributed by atoms with van der Waals surface area (Å²) in [4.78, 5) is 4.60. The van der Waals surface area contributed by atoms with Crippen LogP contribution in [-0.4, -0.2) is 44.0 Å². The molecule has 0 saturated carbocycles. The van der Waals surface area contributed by atoms with Crippen molar-refractivity contribution in [3.63, 3.8) is 0 Å². The molecule has 0 aliphatic carbocycles. The van der Waals surface area contributed by atoms with Gasteiger partial charge in [-0.15, -0.1) is 13.2 Å². The standard InChI is InChI=1S/C20H23F3N2O2/c1-2-26-19-6-4-3-5-18(19)25-13-11-24(12-14-25)15-16-7-9-17(10-8-16)27-20(21,22)23/h3-10H,2,11-15H2,1H3. The molecule has 0 atom stereocenters. The van der Waals surface area contributed by atoms with Crippen LogP contribution in [0.25, 0.3) is 0 Å². The Hall–Kier alpha value is -2.41. The average Bonchev–Trinajstić information content (AvgIpc) is 2.64. The van der Waals surface area contributed by atoms with E-state index in [-0.39, 0.29) is 5.75 Å². The van der Waals surface area contributed by atoms with Crippen molar-refractivity contribution in [2.45, 2.75) is 19.8 Å². The van der Waals surface area contributed by atoms with Crippen LogP contribution < -0.4 is 14.4 Å². The van der Waals surface area contributed by atoms with Crippen molar-refractivity contribution in [3.05, 3.63) is 54.1 Å². The lowest BCUT2D eigenvalue weighted by molar-refractivity contribution is -0.274. The summed E-state index contributed by atoms with van der Waals surface area (Å²) in [7, 11) is 0. The Kier molecular flexibility index (Phi) is 6.11. The van der Waals surface area contributed by atoms with Crippen LogP contribution in [0.15, 0.2) is 48.5 Å². The molecule has 1 aliphatic heterocycles. The van der Waals surface area contributed by atoms with E-state index in [1.807, 2.05) is 25.1 Å². The van der Waals surface area contributed by atoms with Gasteiger partial charge in [-0.05, 0) is 36.8 Å². The maximum Gasteiger partial charge on any atom is 0.573 e. The van der Waals surface area contributed by atoms with E-state index in [4.69, 9.17) is 4.74 Å². The number of halogens is 3. The van der Waals surface area contributed by atoms with Gasteiger partial charge < -0.3 is 14.4 Å². The third-order valence-corrected chi connectivity index (χ3v) is 4.44. The predicted molar refractivity (Wildman–Crippen MR) is 98.2 cm³/mol. The molecule has 0 bridgehead atoms. The number of alkyl halides is 3. The van der Waals surface area contributed by atoms with Crippen molar-refractivity contribution in [3.8, 4) is 11.5 Å². The van der Waals surface area contributed by atoms with Crippen LogP contribution in [0.4, 0.5) is 18.9 Å². The summed E-state index contributed by atoms with van der Waals surface area (Å²) in [5.41, 5.74) is 2.07. The van der Waals surface area contributed by atoms with E-state index in [1.165, 1.54) is 12.1 Å². The lowest BCUT2D eigenvalue weighted by Gasteiger charge is -2.36. The quantitative estimate of drug-likeness (QED) is 0.746. The molecule has 0 amide bonds. The number of piperazine rings is 1. The molecule has 2 aromatic rings. The number of hydrogen-bond donors (Lipinski definition) is 0. The van der Waals surface area contributed by atoms with Crippen molar-refractivity contribution < 1.29 is 22.6 Å². The van der Waals surface area contributed by atoms with E-state index in [9.17, 15) is 13.2 Å². The highest BCUT2D eigenvalue weighted by molar-refractivity contribution is 5.58. The van der Waals surface area contributed by atoms with Crippen LogP contribution in [0.3, 0.4) is 0 Å². The third kappa shape index (κ3) is 5.53. The molecule has 3 rings (SSSR count). The lowest BCUT2D eigenvalue weighted by Crippen LogP contribution is -2.46. The molecular weight excluding hydrogens is 357 g/mol. The fourth-order valence-corrected chi connectivity index (χ4v) is 3.20. The Balaban J connectivity index is 1.54. The van der Waals surface area contributed by atoms with E-state index < -0.39 is 6.36 Å². The molecule has 4 nitrogen and oxygen atoms in total. The Morgan fingerprint density at radius 3 is 2.22 bits per heavy atom. The molecule has 0 radical (unpaired) electrons. The second-order valence-corrected chi connectivity index (χ2v) is 6.36. The molecule has 1 heterocycles. The van der Waals surface area contributed by atoms with E-state index >= 15 is 0 Å². The van der Waals surface area contributed by atoms with E-state index in [0.717, 1.165) is 43.2 Å². The van der Waals surface area contributed by atoms with Gasteiger partial charge in [-0.25, -0.2) is 0 Å². The molecule has 27 heavy (non-hydrogen) atoms. The molecule has 2 aromatic carbocycles. The Bertz CT molecular complexity index is 727. The van der Waals surface area contributed by atoms with Gasteiger partial charge in [0.2, 0.25) is 0 Å². The zero-order chi connectivity index (χ0) is 19.3. The molecular formula is C20H23F3N2O2. The molecule has 7 heteroatoms. The Morgan fingerprint density at radius 2 is 1.59 bits per heavy atom. The molecule has 1 fully saturated rings. The number of hydrogen-bond acceptors (Lipinski definition) is 4. The van der Waals surface area contributed by atoms with Crippen molar-refractivity contribution >= 4 is 5.69 Å². The Labute approximate surface area is 157 Å². The third-order valence-electron chi connectivity index (χ3n) is 4.44. The highest BCUT2D eigenvalue weighted by Crippen LogP contribution is 2.29. The topological polar surface area (TPSA) is 24.9 Å². The van der Waals surface area contributed by atoms with Gasteiger partial charge >= 0.3 is 6.36 Å². The zero-order valence-electron chi connectivity index (χ0n) is 15.2. The first-order valence-electron chi connectivity index (χ1n) is 8.98. The summed E-state index contributed by atoms with van der Waals surface area (Å²) < 4.78 is 46.3. The molecule has 1 saturated heterocycles. The van der Waals surface area contributed by atoms with Crippen LogP contribution in [0.2, 0.25) is 0 Å². The second kappa shape index (κ2) is 8.52. The van der Waals surface area contributed by atoms with Gasteiger partial charge in [-0.1, -0.05) is 24.3 Å². The summed E-state index contributed by atoms with van der Waals surface area (Å²) in [6, 6.07) is 14.1. The summed E-state index contributed by atoms with van der Waals surface area (Å²) in [5.74, 6) is 0.706. The van der Waals surface area contributed by atoms with Gasteiger partial charge in [0.1, 0.15) is 11.5 Å². The molecule has 0 N–H and O–H groups in total. The van der Waals surface area contributed by atoms with Gasteiger partial charge in [0, 0.05) is 32.7 Å². The summed E-state index contributed by atoms with van der Waals surface area (Å²) >= 11 is 0. The van der Waals surface area contributed by atoms with Gasteiger partial charge in [-0.2, -0.15) is 0 Å². The minimum atomic E-state index is -4.66. The van der Waals surface area contributed by atoms with Gasteiger partial charge in [0.15, 0.2) is 0 Å². The normalized spacial score (nSPS) is 15.6. The lowest BCUT2D eigenvalue weighted by atomic mass is 10.1. The van der Waals surface area contributed by atoms with Crippen LogP contribution >= 0.6 is 0 Å². The zero-order valence-corrected chi connectivity index (χ0v) is 15.2. The molecule has 0 aromatic heterocycles. The predicted octanol–water partition coefficient (Wildman–Crippen LogP) is 4.31. The van der Waals surface area contributed by atoms with Crippen molar-refractivity contribution in [1.29, 1.82) is 0 Å². The van der Waals surface area contributed by atoms with Gasteiger partial charge in [0.05, 0.1) is 12.3 Å². The van der Waals surface area contributed by atoms with Gasteiger partial charge in [0.25, 0.3) is 0 Å². The summed E-state index contributed by atoms with van der Waals surface area (Å²) in [6.45, 7) is 6.80. The fourth-order valence-electron chi connectivity index (χ4n) is 3.20. The number of para-hydroxylation sites is 2. The van der Waals surface area contributed by atoms with E-state index in [1.54, 1.807) is 12.1 Å². The van der Waals surface area contributed by atoms with E-state index in [2.05, 4.69) is 20.6 Å². The average molecular weight is 380 g/mol. The smallest absolute Gasteiger partial charge is 0.492 e. The number of nitrogens with zero attached hydrogens (tertiary/aromatic N) is 2. The molecule has 0 spiro atoms. The highest BCUT2D eigenvalue weighted by atomic mass is 19.4. The molecule has 146 valence electrons. The van der Waals surface area contributed by atoms with Crippen LogP contribution in [0.1, 0.15) is 12.5 Å². The van der Waals surface area contributed by atoms with Crippen molar-refractivity contribution in [1.82, 2.24) is 4.90 Å². The number of ether oxygens (including phenoxy) is 2. The monoisotopic (exact) mass is 380 g/mol. The van der Waals surface area contributed by atoms with Crippen LogP contribution in [-0.2, 0) is 6.54 Å². The Morgan fingerprint density at radius 1 is 0.926 bits per heavy atom. The number of benzene rings is 2. The van der Waals surface area contributed by atoms with E-state index in [0.29, 0.717) is 13.2 Å². The SMILES string of the molecule is CCOc1ccccc1N1CCN(Cc2ccc(OC(F)(F)F)cc2)CC1. The minimum absolute atomic E-state index is 0.191. The number of anilines is 1. The summed E-state index contributed by atoms with van der Waals surface area (Å²) in [6.07, 6.45) is -4.66. The fraction of sp³-hybridized carbons (Fsp3) is 0.400. The first-order chi connectivity index (χ1) is 12.9. The minimum Gasteiger partial charge on any atom is -0.492 e. The first-order valence-corrected chi connectivity index (χ1v) is 8.98. The highest BCUT2D eigenvalue weighted by Gasteiger charge is 2.31. The number of rotatable bonds is 6. The molecule has 0 unspecified atom stereocenters. The molecule has 1 aliphatic rings.